The average molecular weight is 564 g/mol. The summed E-state index contributed by atoms with van der Waals surface area (Å²) >= 11 is 6.19. The van der Waals surface area contributed by atoms with Gasteiger partial charge >= 0.3 is 0 Å². The van der Waals surface area contributed by atoms with Gasteiger partial charge in [0.1, 0.15) is 11.6 Å². The first kappa shape index (κ1) is 27.3. The van der Waals surface area contributed by atoms with E-state index in [0.717, 1.165) is 5.56 Å². The highest BCUT2D eigenvalue weighted by molar-refractivity contribution is 6.31. The quantitative estimate of drug-likeness (QED) is 0.224. The van der Waals surface area contributed by atoms with Crippen LogP contribution < -0.4 is 9.47 Å². The molecule has 5 rings (SSSR count). The third-order valence-corrected chi connectivity index (χ3v) is 6.86. The predicted octanol–water partition coefficient (Wildman–Crippen LogP) is 6.84. The fourth-order valence-electron chi connectivity index (χ4n) is 4.88. The summed E-state index contributed by atoms with van der Waals surface area (Å²) in [5, 5.41) is 12.0. The van der Waals surface area contributed by atoms with Gasteiger partial charge in [-0.3, -0.25) is 9.59 Å². The number of ketones is 1. The van der Waals surface area contributed by atoms with Gasteiger partial charge < -0.3 is 23.9 Å². The Kier molecular flexibility index (Phi) is 7.54. The fourth-order valence-corrected chi connectivity index (χ4v) is 5.09. The Morgan fingerprint density at radius 3 is 2.58 bits per heavy atom. The van der Waals surface area contributed by atoms with E-state index >= 15 is 0 Å². The number of furan rings is 1. The number of nitrogens with zero attached hydrogens (tertiary/aromatic N) is 1. The summed E-state index contributed by atoms with van der Waals surface area (Å²) in [6, 6.07) is 16.8. The summed E-state index contributed by atoms with van der Waals surface area (Å²) in [4.78, 5) is 28.8. The Morgan fingerprint density at radius 2 is 1.88 bits per heavy atom. The SMILES string of the molecule is COc1cc(Cl)cc2cc(C(=O)C3=C(O)C(=O)N(CCc4ccc(F)cc4)C3c3cccc(OC(C)C)c3)oc12. The molecule has 1 unspecified atom stereocenters. The normalized spacial score (nSPS) is 15.4. The van der Waals surface area contributed by atoms with Crippen molar-refractivity contribution in [3.63, 3.8) is 0 Å². The number of amides is 1. The minimum atomic E-state index is -0.921. The lowest BCUT2D eigenvalue weighted by molar-refractivity contribution is -0.129. The number of carbonyl (C=O) groups excluding carboxylic acids is 2. The van der Waals surface area contributed by atoms with Crippen molar-refractivity contribution >= 4 is 34.3 Å². The molecule has 40 heavy (non-hydrogen) atoms. The van der Waals surface area contributed by atoms with Crippen molar-refractivity contribution in [1.29, 1.82) is 0 Å². The number of halogens is 2. The highest BCUT2D eigenvalue weighted by Crippen LogP contribution is 2.41. The van der Waals surface area contributed by atoms with Crippen LogP contribution in [0.2, 0.25) is 5.02 Å². The van der Waals surface area contributed by atoms with Crippen molar-refractivity contribution in [2.24, 2.45) is 0 Å². The predicted molar refractivity (Wildman–Crippen MR) is 149 cm³/mol. The molecule has 4 aromatic rings. The minimum absolute atomic E-state index is 0.0788. The lowest BCUT2D eigenvalue weighted by Gasteiger charge is -2.27. The molecular weight excluding hydrogens is 537 g/mol. The molecule has 0 spiro atoms. The Balaban J connectivity index is 1.56. The molecular formula is C31H27ClFNO6. The third kappa shape index (κ3) is 5.27. The van der Waals surface area contributed by atoms with Crippen LogP contribution in [0.3, 0.4) is 0 Å². The number of Topliss-reactive ketones (excluding diaryl/α,β-unsaturated/α-hetero) is 1. The number of fused-ring (bicyclic) bond motifs is 1. The standard InChI is InChI=1S/C31H27ClFNO6/c1-17(2)39-23-6-4-5-19(14-23)27-26(28(35)24-15-20-13-21(32)16-25(38-3)30(20)40-24)29(36)31(37)34(27)12-11-18-7-9-22(33)10-8-18/h4-10,13-17,27,36H,11-12H2,1-3H3. The van der Waals surface area contributed by atoms with Crippen molar-refractivity contribution in [3.8, 4) is 11.5 Å². The topological polar surface area (TPSA) is 89.2 Å². The smallest absolute Gasteiger partial charge is 0.290 e. The zero-order valence-corrected chi connectivity index (χ0v) is 22.9. The highest BCUT2D eigenvalue weighted by atomic mass is 35.5. The van der Waals surface area contributed by atoms with Crippen LogP contribution in [0, 0.1) is 5.82 Å². The van der Waals surface area contributed by atoms with Crippen LogP contribution in [-0.4, -0.2) is 41.5 Å². The molecule has 3 aromatic carbocycles. The van der Waals surface area contributed by atoms with Crippen molar-refractivity contribution in [3.05, 3.63) is 106 Å². The van der Waals surface area contributed by atoms with E-state index in [4.69, 9.17) is 25.5 Å². The first-order valence-corrected chi connectivity index (χ1v) is 13.1. The maximum atomic E-state index is 13.9. The zero-order valence-electron chi connectivity index (χ0n) is 22.1. The van der Waals surface area contributed by atoms with Crippen molar-refractivity contribution < 1.29 is 33.0 Å². The minimum Gasteiger partial charge on any atom is -0.503 e. The van der Waals surface area contributed by atoms with Gasteiger partial charge in [0.05, 0.1) is 24.8 Å². The van der Waals surface area contributed by atoms with Crippen LogP contribution >= 0.6 is 11.6 Å². The Labute approximate surface area is 235 Å². The van der Waals surface area contributed by atoms with E-state index in [1.54, 1.807) is 48.5 Å². The second-order valence-corrected chi connectivity index (χ2v) is 10.2. The maximum absolute atomic E-state index is 13.9. The molecule has 0 saturated heterocycles. The number of ether oxygens (including phenoxy) is 2. The van der Waals surface area contributed by atoms with E-state index in [1.807, 2.05) is 13.8 Å². The largest absolute Gasteiger partial charge is 0.503 e. The van der Waals surface area contributed by atoms with Gasteiger partial charge in [0.15, 0.2) is 22.9 Å². The number of hydrogen-bond donors (Lipinski definition) is 1. The van der Waals surface area contributed by atoms with Crippen LogP contribution in [-0.2, 0) is 11.2 Å². The molecule has 9 heteroatoms. The molecule has 1 amide bonds. The number of hydrogen-bond acceptors (Lipinski definition) is 6. The van der Waals surface area contributed by atoms with E-state index in [-0.39, 0.29) is 29.8 Å². The van der Waals surface area contributed by atoms with Crippen LogP contribution in [0.1, 0.15) is 41.6 Å². The van der Waals surface area contributed by atoms with E-state index in [2.05, 4.69) is 0 Å². The molecule has 1 aliphatic heterocycles. The number of methoxy groups -OCH3 is 1. The summed E-state index contributed by atoms with van der Waals surface area (Å²) in [6.07, 6.45) is 0.275. The van der Waals surface area contributed by atoms with Gasteiger partial charge in [0.2, 0.25) is 5.78 Å². The number of carbonyl (C=O) groups is 2. The molecule has 0 saturated carbocycles. The van der Waals surface area contributed by atoms with Crippen LogP contribution in [0.15, 0.2) is 82.5 Å². The molecule has 0 bridgehead atoms. The van der Waals surface area contributed by atoms with Crippen molar-refractivity contribution in [2.45, 2.75) is 32.4 Å². The van der Waals surface area contributed by atoms with Gasteiger partial charge in [-0.15, -0.1) is 0 Å². The number of benzene rings is 3. The van der Waals surface area contributed by atoms with Gasteiger partial charge in [-0.1, -0.05) is 35.9 Å². The molecule has 0 fully saturated rings. The summed E-state index contributed by atoms with van der Waals surface area (Å²) in [7, 11) is 1.46. The zero-order chi connectivity index (χ0) is 28.6. The second kappa shape index (κ2) is 11.1. The molecule has 1 N–H and O–H groups in total. The molecule has 2 heterocycles. The van der Waals surface area contributed by atoms with Gasteiger partial charge in [-0.25, -0.2) is 4.39 Å². The molecule has 1 aromatic heterocycles. The lowest BCUT2D eigenvalue weighted by Crippen LogP contribution is -2.33. The first-order valence-electron chi connectivity index (χ1n) is 12.7. The number of aliphatic hydroxyl groups excluding tert-OH is 1. The molecule has 206 valence electrons. The van der Waals surface area contributed by atoms with E-state index in [1.165, 1.54) is 30.2 Å². The maximum Gasteiger partial charge on any atom is 0.290 e. The van der Waals surface area contributed by atoms with E-state index in [0.29, 0.717) is 39.5 Å². The summed E-state index contributed by atoms with van der Waals surface area (Å²) in [6.45, 7) is 3.95. The van der Waals surface area contributed by atoms with Crippen LogP contribution in [0.5, 0.6) is 11.5 Å². The highest BCUT2D eigenvalue weighted by Gasteiger charge is 2.44. The van der Waals surface area contributed by atoms with E-state index < -0.39 is 23.5 Å². The Hall–Kier alpha value is -4.30. The monoisotopic (exact) mass is 563 g/mol. The van der Waals surface area contributed by atoms with Crippen molar-refractivity contribution in [1.82, 2.24) is 4.90 Å². The number of rotatable bonds is 9. The van der Waals surface area contributed by atoms with Gasteiger partial charge in [0.25, 0.3) is 5.91 Å². The fraction of sp³-hybridized carbons (Fsp3) is 0.226. The Bertz CT molecular complexity index is 1620. The van der Waals surface area contributed by atoms with Crippen LogP contribution in [0.25, 0.3) is 11.0 Å². The Morgan fingerprint density at radius 1 is 1.12 bits per heavy atom. The first-order chi connectivity index (χ1) is 19.2. The summed E-state index contributed by atoms with van der Waals surface area (Å²) in [5.74, 6) is -1.54. The van der Waals surface area contributed by atoms with Crippen LogP contribution in [0.4, 0.5) is 4.39 Å². The summed E-state index contributed by atoms with van der Waals surface area (Å²) < 4.78 is 30.5. The van der Waals surface area contributed by atoms with Gasteiger partial charge in [0, 0.05) is 23.0 Å². The molecule has 0 radical (unpaired) electrons. The van der Waals surface area contributed by atoms with Gasteiger partial charge in [-0.2, -0.15) is 0 Å². The number of aliphatic hydroxyl groups is 1. The average Bonchev–Trinajstić information content (AvgIpc) is 3.46. The van der Waals surface area contributed by atoms with Crippen molar-refractivity contribution in [2.75, 3.05) is 13.7 Å². The molecule has 1 atom stereocenters. The van der Waals surface area contributed by atoms with Gasteiger partial charge in [-0.05, 0) is 67.8 Å². The molecule has 7 nitrogen and oxygen atoms in total. The second-order valence-electron chi connectivity index (χ2n) is 9.75. The third-order valence-electron chi connectivity index (χ3n) is 6.64. The molecule has 1 aliphatic rings. The van der Waals surface area contributed by atoms with E-state index in [9.17, 15) is 19.1 Å². The summed E-state index contributed by atoms with van der Waals surface area (Å²) in [5.41, 5.74) is 1.58. The lowest BCUT2D eigenvalue weighted by atomic mass is 9.94. The molecule has 0 aliphatic carbocycles.